The number of piperidine rings is 1. The molecule has 1 saturated carbocycles. The van der Waals surface area contributed by atoms with Gasteiger partial charge in [-0.05, 0) is 57.3 Å². The second-order valence-corrected chi connectivity index (χ2v) is 8.36. The van der Waals surface area contributed by atoms with Crippen molar-refractivity contribution in [2.45, 2.75) is 57.6 Å². The fraction of sp³-hybridized carbons (Fsp3) is 0.778. The van der Waals surface area contributed by atoms with Crippen LogP contribution in [-0.2, 0) is 4.74 Å². The number of nitrogens with one attached hydrogen (secondary N) is 1. The van der Waals surface area contributed by atoms with Crippen LogP contribution in [-0.4, -0.2) is 41.7 Å². The largest absolute Gasteiger partial charge is 0.378 e. The van der Waals surface area contributed by atoms with Crippen molar-refractivity contribution in [1.82, 2.24) is 15.2 Å². The smallest absolute Gasteiger partial charge is 0.317 e. The number of carbonyl (C=O) groups is 1. The number of nitrogens with zero attached hydrogens (tertiary/aromatic N) is 2. The van der Waals surface area contributed by atoms with Crippen LogP contribution in [0.4, 0.5) is 4.79 Å². The van der Waals surface area contributed by atoms with E-state index < -0.39 is 0 Å². The zero-order valence-corrected chi connectivity index (χ0v) is 15.2. The Morgan fingerprint density at radius 1 is 1.33 bits per heavy atom. The van der Waals surface area contributed by atoms with E-state index in [9.17, 15) is 4.79 Å². The zero-order valence-electron chi connectivity index (χ0n) is 14.4. The van der Waals surface area contributed by atoms with Crippen molar-refractivity contribution in [3.05, 3.63) is 16.1 Å². The molecule has 2 amide bonds. The topological polar surface area (TPSA) is 54.5 Å². The van der Waals surface area contributed by atoms with Crippen LogP contribution in [0.25, 0.3) is 0 Å². The number of aryl methyl sites for hydroxylation is 1. The highest BCUT2D eigenvalue weighted by Crippen LogP contribution is 2.42. The monoisotopic (exact) mass is 349 g/mol. The Labute approximate surface area is 147 Å². The SMILES string of the molecule is Cc1csc([C@@H](NC(=O)N2CCC([C@H]3CCCO3)CC2)C2CC2)n1. The summed E-state index contributed by atoms with van der Waals surface area (Å²) in [5, 5.41) is 6.41. The molecule has 6 heteroatoms. The molecule has 1 aromatic rings. The first-order valence-electron chi connectivity index (χ1n) is 9.30. The van der Waals surface area contributed by atoms with Gasteiger partial charge in [-0.3, -0.25) is 0 Å². The van der Waals surface area contributed by atoms with Gasteiger partial charge in [0, 0.05) is 30.8 Å². The highest BCUT2D eigenvalue weighted by Gasteiger charge is 2.37. The van der Waals surface area contributed by atoms with Crippen molar-refractivity contribution >= 4 is 17.4 Å². The van der Waals surface area contributed by atoms with Crippen LogP contribution in [0.3, 0.4) is 0 Å². The lowest BCUT2D eigenvalue weighted by atomic mass is 9.90. The van der Waals surface area contributed by atoms with Crippen LogP contribution in [0, 0.1) is 18.8 Å². The maximum atomic E-state index is 12.7. The summed E-state index contributed by atoms with van der Waals surface area (Å²) in [6.07, 6.45) is 7.37. The maximum Gasteiger partial charge on any atom is 0.317 e. The molecule has 0 spiro atoms. The summed E-state index contributed by atoms with van der Waals surface area (Å²) >= 11 is 1.67. The van der Waals surface area contributed by atoms with Crippen molar-refractivity contribution in [2.75, 3.05) is 19.7 Å². The average molecular weight is 350 g/mol. The molecule has 0 unspecified atom stereocenters. The predicted octanol–water partition coefficient (Wildman–Crippen LogP) is 3.50. The molecule has 3 fully saturated rings. The molecule has 24 heavy (non-hydrogen) atoms. The van der Waals surface area contributed by atoms with Crippen LogP contribution < -0.4 is 5.32 Å². The summed E-state index contributed by atoms with van der Waals surface area (Å²) in [5.74, 6) is 1.21. The van der Waals surface area contributed by atoms with Crippen LogP contribution >= 0.6 is 11.3 Å². The summed E-state index contributed by atoms with van der Waals surface area (Å²) in [5.41, 5.74) is 1.05. The molecule has 1 N–H and O–H groups in total. The molecule has 0 radical (unpaired) electrons. The summed E-state index contributed by atoms with van der Waals surface area (Å²) in [6, 6.07) is 0.192. The van der Waals surface area contributed by atoms with E-state index in [-0.39, 0.29) is 12.1 Å². The van der Waals surface area contributed by atoms with Gasteiger partial charge in [-0.1, -0.05) is 0 Å². The Hall–Kier alpha value is -1.14. The molecular formula is C18H27N3O2S. The Kier molecular flexibility index (Phi) is 4.77. The fourth-order valence-corrected chi connectivity index (χ4v) is 4.94. The van der Waals surface area contributed by atoms with Crippen molar-refractivity contribution < 1.29 is 9.53 Å². The van der Waals surface area contributed by atoms with Crippen LogP contribution in [0.2, 0.25) is 0 Å². The van der Waals surface area contributed by atoms with Gasteiger partial charge in [0.15, 0.2) is 0 Å². The minimum absolute atomic E-state index is 0.0885. The number of hydrogen-bond acceptors (Lipinski definition) is 4. The number of carbonyl (C=O) groups excluding carboxylic acids is 1. The highest BCUT2D eigenvalue weighted by molar-refractivity contribution is 7.09. The number of rotatable bonds is 4. The first kappa shape index (κ1) is 16.3. The summed E-state index contributed by atoms with van der Waals surface area (Å²) < 4.78 is 5.83. The van der Waals surface area contributed by atoms with Gasteiger partial charge in [0.1, 0.15) is 5.01 Å². The third-order valence-electron chi connectivity index (χ3n) is 5.59. The van der Waals surface area contributed by atoms with Gasteiger partial charge in [0.05, 0.1) is 12.1 Å². The van der Waals surface area contributed by atoms with E-state index in [2.05, 4.69) is 15.7 Å². The van der Waals surface area contributed by atoms with Crippen molar-refractivity contribution in [3.8, 4) is 0 Å². The molecule has 1 aliphatic carbocycles. The molecule has 2 saturated heterocycles. The molecule has 3 heterocycles. The average Bonchev–Trinajstić information content (AvgIpc) is 3.10. The number of ether oxygens (including phenoxy) is 1. The van der Waals surface area contributed by atoms with E-state index in [1.54, 1.807) is 11.3 Å². The normalized spacial score (nSPS) is 26.5. The van der Waals surface area contributed by atoms with Gasteiger partial charge >= 0.3 is 6.03 Å². The van der Waals surface area contributed by atoms with Crippen molar-refractivity contribution in [3.63, 3.8) is 0 Å². The molecule has 5 nitrogen and oxygen atoms in total. The summed E-state index contributed by atoms with van der Waals surface area (Å²) in [4.78, 5) is 19.3. The lowest BCUT2D eigenvalue weighted by molar-refractivity contribution is 0.0370. The van der Waals surface area contributed by atoms with Gasteiger partial charge in [0.25, 0.3) is 0 Å². The third-order valence-corrected chi connectivity index (χ3v) is 6.64. The predicted molar refractivity (Wildman–Crippen MR) is 94.1 cm³/mol. The highest BCUT2D eigenvalue weighted by atomic mass is 32.1. The molecule has 3 aliphatic rings. The van der Waals surface area contributed by atoms with Crippen molar-refractivity contribution in [1.29, 1.82) is 0 Å². The molecule has 2 atom stereocenters. The molecule has 132 valence electrons. The second-order valence-electron chi connectivity index (χ2n) is 7.47. The van der Waals surface area contributed by atoms with E-state index in [0.29, 0.717) is 17.9 Å². The lowest BCUT2D eigenvalue weighted by Gasteiger charge is -2.35. The molecule has 1 aromatic heterocycles. The van der Waals surface area contributed by atoms with E-state index in [1.165, 1.54) is 25.7 Å². The van der Waals surface area contributed by atoms with Gasteiger partial charge in [0.2, 0.25) is 0 Å². The van der Waals surface area contributed by atoms with Gasteiger partial charge in [-0.25, -0.2) is 9.78 Å². The number of hydrogen-bond donors (Lipinski definition) is 1. The summed E-state index contributed by atoms with van der Waals surface area (Å²) in [7, 11) is 0. The van der Waals surface area contributed by atoms with Gasteiger partial charge in [-0.15, -0.1) is 11.3 Å². The van der Waals surface area contributed by atoms with Crippen LogP contribution in [0.5, 0.6) is 0 Å². The minimum atomic E-state index is 0.0885. The second kappa shape index (κ2) is 7.00. The zero-order chi connectivity index (χ0) is 16.5. The fourth-order valence-electron chi connectivity index (χ4n) is 4.00. The van der Waals surface area contributed by atoms with E-state index in [0.717, 1.165) is 43.2 Å². The molecular weight excluding hydrogens is 322 g/mol. The third kappa shape index (κ3) is 3.59. The van der Waals surface area contributed by atoms with Crippen LogP contribution in [0.1, 0.15) is 55.3 Å². The number of amides is 2. The number of likely N-dealkylation sites (tertiary alicyclic amines) is 1. The van der Waals surface area contributed by atoms with E-state index >= 15 is 0 Å². The summed E-state index contributed by atoms with van der Waals surface area (Å²) in [6.45, 7) is 4.64. The minimum Gasteiger partial charge on any atom is -0.378 e. The Bertz CT molecular complexity index is 573. The molecule has 0 aromatic carbocycles. The molecule has 4 rings (SSSR count). The number of urea groups is 1. The van der Waals surface area contributed by atoms with Gasteiger partial charge < -0.3 is 15.0 Å². The Morgan fingerprint density at radius 2 is 2.12 bits per heavy atom. The maximum absolute atomic E-state index is 12.7. The van der Waals surface area contributed by atoms with Crippen LogP contribution in [0.15, 0.2) is 5.38 Å². The van der Waals surface area contributed by atoms with Crippen molar-refractivity contribution in [2.24, 2.45) is 11.8 Å². The first-order valence-corrected chi connectivity index (χ1v) is 10.2. The molecule has 0 bridgehead atoms. The van der Waals surface area contributed by atoms with E-state index in [1.807, 2.05) is 11.8 Å². The first-order chi connectivity index (χ1) is 11.7. The Morgan fingerprint density at radius 3 is 2.71 bits per heavy atom. The lowest BCUT2D eigenvalue weighted by Crippen LogP contribution is -2.47. The number of aromatic nitrogens is 1. The molecule has 2 aliphatic heterocycles. The number of thiazole rings is 1. The standard InChI is InChI=1S/C18H27N3O2S/c1-12-11-24-17(19-12)16(14-4-5-14)20-18(22)21-8-6-13(7-9-21)15-3-2-10-23-15/h11,13-16H,2-10H2,1H3,(H,20,22)/t15-,16+/m1/s1. The quantitative estimate of drug-likeness (QED) is 0.905. The van der Waals surface area contributed by atoms with Gasteiger partial charge in [-0.2, -0.15) is 0 Å². The van der Waals surface area contributed by atoms with E-state index in [4.69, 9.17) is 4.74 Å². The Balaban J connectivity index is 1.32.